The first-order chi connectivity index (χ1) is 11.1. The van der Waals surface area contributed by atoms with E-state index >= 15 is 0 Å². The highest BCUT2D eigenvalue weighted by Crippen LogP contribution is 2.33. The van der Waals surface area contributed by atoms with Crippen LogP contribution in [0.25, 0.3) is 0 Å². The average Bonchev–Trinajstić information content (AvgIpc) is 3.12. The SMILES string of the molecule is CN(CCN1CCCC1=O)Cc1cn(C)nc1C1CCCCC1. The Balaban J connectivity index is 1.57. The van der Waals surface area contributed by atoms with Crippen molar-refractivity contribution in [2.45, 2.75) is 57.4 Å². The van der Waals surface area contributed by atoms with Gasteiger partial charge in [0.1, 0.15) is 0 Å². The molecule has 1 aliphatic heterocycles. The van der Waals surface area contributed by atoms with Crippen LogP contribution < -0.4 is 0 Å². The number of carbonyl (C=O) groups excluding carboxylic acids is 1. The minimum atomic E-state index is 0.322. The molecule has 0 bridgehead atoms. The lowest BCUT2D eigenvalue weighted by Crippen LogP contribution is -2.33. The van der Waals surface area contributed by atoms with E-state index in [0.717, 1.165) is 39.0 Å². The molecule has 1 aromatic rings. The Hall–Kier alpha value is -1.36. The number of hydrogen-bond acceptors (Lipinski definition) is 3. The Bertz CT molecular complexity index is 533. The number of aryl methyl sites for hydroxylation is 1. The Kier molecular flexibility index (Phi) is 5.36. The molecule has 23 heavy (non-hydrogen) atoms. The van der Waals surface area contributed by atoms with Gasteiger partial charge in [-0.05, 0) is 26.3 Å². The Morgan fingerprint density at radius 2 is 2.04 bits per heavy atom. The fourth-order valence-corrected chi connectivity index (χ4v) is 4.00. The van der Waals surface area contributed by atoms with Crippen LogP contribution in [0.2, 0.25) is 0 Å². The normalized spacial score (nSPS) is 20.0. The van der Waals surface area contributed by atoms with Crippen molar-refractivity contribution in [2.75, 3.05) is 26.7 Å². The first kappa shape index (κ1) is 16.5. The molecule has 0 spiro atoms. The van der Waals surface area contributed by atoms with Crippen LogP contribution in [0.1, 0.15) is 62.1 Å². The van der Waals surface area contributed by atoms with Gasteiger partial charge in [0, 0.05) is 57.3 Å². The third-order valence-corrected chi connectivity index (χ3v) is 5.29. The largest absolute Gasteiger partial charge is 0.341 e. The average molecular weight is 318 g/mol. The van der Waals surface area contributed by atoms with E-state index < -0.39 is 0 Å². The molecule has 2 fully saturated rings. The second-order valence-electron chi connectivity index (χ2n) is 7.27. The van der Waals surface area contributed by atoms with Gasteiger partial charge >= 0.3 is 0 Å². The van der Waals surface area contributed by atoms with Gasteiger partial charge in [-0.2, -0.15) is 5.10 Å². The van der Waals surface area contributed by atoms with Crippen LogP contribution in [0.15, 0.2) is 6.20 Å². The van der Waals surface area contributed by atoms with Crippen molar-refractivity contribution in [2.24, 2.45) is 7.05 Å². The number of rotatable bonds is 6. The van der Waals surface area contributed by atoms with Crippen molar-refractivity contribution in [1.82, 2.24) is 19.6 Å². The molecule has 2 aliphatic rings. The highest BCUT2D eigenvalue weighted by molar-refractivity contribution is 5.78. The van der Waals surface area contributed by atoms with Crippen LogP contribution in [-0.2, 0) is 18.4 Å². The molecule has 128 valence electrons. The van der Waals surface area contributed by atoms with E-state index in [9.17, 15) is 4.79 Å². The van der Waals surface area contributed by atoms with Crippen molar-refractivity contribution < 1.29 is 4.79 Å². The molecule has 1 saturated heterocycles. The van der Waals surface area contributed by atoms with E-state index in [1.807, 2.05) is 16.6 Å². The molecule has 0 aromatic carbocycles. The summed E-state index contributed by atoms with van der Waals surface area (Å²) in [4.78, 5) is 16.0. The number of carbonyl (C=O) groups is 1. The van der Waals surface area contributed by atoms with Crippen LogP contribution in [-0.4, -0.2) is 52.2 Å². The van der Waals surface area contributed by atoms with Gasteiger partial charge in [-0.15, -0.1) is 0 Å². The van der Waals surface area contributed by atoms with E-state index in [1.54, 1.807) is 0 Å². The zero-order valence-electron chi connectivity index (χ0n) is 14.6. The van der Waals surface area contributed by atoms with Crippen LogP contribution in [0.5, 0.6) is 0 Å². The standard InChI is InChI=1S/C18H30N4O/c1-20(11-12-22-10-6-9-17(22)23)13-16-14-21(2)19-18(16)15-7-4-3-5-8-15/h14-15H,3-13H2,1-2H3. The lowest BCUT2D eigenvalue weighted by Gasteiger charge is -2.24. The number of likely N-dealkylation sites (tertiary alicyclic amines) is 1. The van der Waals surface area contributed by atoms with Gasteiger partial charge in [-0.1, -0.05) is 19.3 Å². The maximum Gasteiger partial charge on any atom is 0.222 e. The van der Waals surface area contributed by atoms with Crippen LogP contribution in [0.4, 0.5) is 0 Å². The van der Waals surface area contributed by atoms with Crippen LogP contribution >= 0.6 is 0 Å². The second kappa shape index (κ2) is 7.47. The summed E-state index contributed by atoms with van der Waals surface area (Å²) in [6.07, 6.45) is 10.6. The first-order valence-electron chi connectivity index (χ1n) is 9.12. The smallest absolute Gasteiger partial charge is 0.222 e. The van der Waals surface area contributed by atoms with Crippen LogP contribution in [0.3, 0.4) is 0 Å². The summed E-state index contributed by atoms with van der Waals surface area (Å²) in [5.74, 6) is 0.969. The molecule has 1 aliphatic carbocycles. The summed E-state index contributed by atoms with van der Waals surface area (Å²) >= 11 is 0. The minimum Gasteiger partial charge on any atom is -0.341 e. The number of aromatic nitrogens is 2. The third-order valence-electron chi connectivity index (χ3n) is 5.29. The summed E-state index contributed by atoms with van der Waals surface area (Å²) < 4.78 is 1.97. The molecule has 5 heteroatoms. The lowest BCUT2D eigenvalue weighted by molar-refractivity contribution is -0.127. The number of nitrogens with zero attached hydrogens (tertiary/aromatic N) is 4. The highest BCUT2D eigenvalue weighted by atomic mass is 16.2. The molecule has 3 rings (SSSR count). The number of hydrogen-bond donors (Lipinski definition) is 0. The predicted octanol–water partition coefficient (Wildman–Crippen LogP) is 2.52. The molecule has 1 aromatic heterocycles. The van der Waals surface area contributed by atoms with Crippen LogP contribution in [0, 0.1) is 0 Å². The minimum absolute atomic E-state index is 0.322. The number of amides is 1. The fourth-order valence-electron chi connectivity index (χ4n) is 4.00. The van der Waals surface area contributed by atoms with Crippen molar-refractivity contribution in [3.8, 4) is 0 Å². The van der Waals surface area contributed by atoms with E-state index in [-0.39, 0.29) is 0 Å². The van der Waals surface area contributed by atoms with Crippen molar-refractivity contribution in [3.63, 3.8) is 0 Å². The van der Waals surface area contributed by atoms with Crippen molar-refractivity contribution in [1.29, 1.82) is 0 Å². The predicted molar refractivity (Wildman–Crippen MR) is 91.2 cm³/mol. The fraction of sp³-hybridized carbons (Fsp3) is 0.778. The molecule has 2 heterocycles. The number of likely N-dealkylation sites (N-methyl/N-ethyl adjacent to an activating group) is 1. The van der Waals surface area contributed by atoms with Gasteiger partial charge in [0.2, 0.25) is 5.91 Å². The summed E-state index contributed by atoms with van der Waals surface area (Å²) in [6, 6.07) is 0. The molecule has 0 N–H and O–H groups in total. The molecule has 5 nitrogen and oxygen atoms in total. The van der Waals surface area contributed by atoms with Crippen molar-refractivity contribution >= 4 is 5.91 Å². The van der Waals surface area contributed by atoms with Gasteiger partial charge in [-0.3, -0.25) is 9.48 Å². The quantitative estimate of drug-likeness (QED) is 0.809. The molecular weight excluding hydrogens is 288 g/mol. The Morgan fingerprint density at radius 1 is 1.26 bits per heavy atom. The first-order valence-corrected chi connectivity index (χ1v) is 9.12. The molecule has 1 saturated carbocycles. The third kappa shape index (κ3) is 4.14. The van der Waals surface area contributed by atoms with Gasteiger partial charge in [-0.25, -0.2) is 0 Å². The molecule has 0 radical (unpaired) electrons. The molecule has 0 unspecified atom stereocenters. The van der Waals surface area contributed by atoms with E-state index in [4.69, 9.17) is 5.10 Å². The van der Waals surface area contributed by atoms with E-state index in [2.05, 4.69) is 18.1 Å². The van der Waals surface area contributed by atoms with Gasteiger partial charge in [0.25, 0.3) is 0 Å². The second-order valence-corrected chi connectivity index (χ2v) is 7.27. The molecule has 0 atom stereocenters. The molecule has 1 amide bonds. The zero-order chi connectivity index (χ0) is 16.2. The van der Waals surface area contributed by atoms with E-state index in [0.29, 0.717) is 11.8 Å². The van der Waals surface area contributed by atoms with Crippen molar-refractivity contribution in [3.05, 3.63) is 17.5 Å². The summed E-state index contributed by atoms with van der Waals surface area (Å²) in [5.41, 5.74) is 2.69. The van der Waals surface area contributed by atoms with Gasteiger partial charge < -0.3 is 9.80 Å². The van der Waals surface area contributed by atoms with E-state index in [1.165, 1.54) is 43.4 Å². The molecular formula is C18H30N4O. The van der Waals surface area contributed by atoms with Gasteiger partial charge in [0.15, 0.2) is 0 Å². The zero-order valence-corrected chi connectivity index (χ0v) is 14.6. The van der Waals surface area contributed by atoms with Gasteiger partial charge in [0.05, 0.1) is 5.69 Å². The summed E-state index contributed by atoms with van der Waals surface area (Å²) in [5, 5.41) is 4.76. The summed E-state index contributed by atoms with van der Waals surface area (Å²) in [6.45, 7) is 3.66. The summed E-state index contributed by atoms with van der Waals surface area (Å²) in [7, 11) is 4.18. The topological polar surface area (TPSA) is 41.4 Å². The highest BCUT2D eigenvalue weighted by Gasteiger charge is 2.23. The monoisotopic (exact) mass is 318 g/mol. The Labute approximate surface area is 139 Å². The lowest BCUT2D eigenvalue weighted by atomic mass is 9.85. The Morgan fingerprint density at radius 3 is 2.74 bits per heavy atom. The maximum atomic E-state index is 11.7. The maximum absolute atomic E-state index is 11.7.